The van der Waals surface area contributed by atoms with Gasteiger partial charge in [-0.25, -0.2) is 10.5 Å². The van der Waals surface area contributed by atoms with Crippen molar-refractivity contribution in [1.82, 2.24) is 15.3 Å². The van der Waals surface area contributed by atoms with E-state index in [1.807, 2.05) is 11.8 Å². The van der Waals surface area contributed by atoms with Crippen LogP contribution in [0.5, 0.6) is 0 Å². The van der Waals surface area contributed by atoms with E-state index >= 15 is 0 Å². The molecule has 2 amide bonds. The maximum Gasteiger partial charge on any atom is 0.243 e. The van der Waals surface area contributed by atoms with E-state index in [0.717, 1.165) is 11.7 Å². The van der Waals surface area contributed by atoms with E-state index in [4.69, 9.17) is 5.21 Å². The highest BCUT2D eigenvalue weighted by Gasteiger charge is 2.28. The molecular formula is C18H32N4O3. The van der Waals surface area contributed by atoms with Crippen molar-refractivity contribution in [3.8, 4) is 0 Å². The largest absolute Gasteiger partial charge is 0.353 e. The van der Waals surface area contributed by atoms with Gasteiger partial charge in [-0.2, -0.15) is 0 Å². The second-order valence-corrected chi connectivity index (χ2v) is 6.57. The Morgan fingerprint density at radius 3 is 2.36 bits per heavy atom. The van der Waals surface area contributed by atoms with E-state index < -0.39 is 5.91 Å². The molecule has 1 aliphatic heterocycles. The Labute approximate surface area is 151 Å². The Morgan fingerprint density at radius 2 is 1.92 bits per heavy atom. The van der Waals surface area contributed by atoms with E-state index in [-0.39, 0.29) is 24.8 Å². The minimum Gasteiger partial charge on any atom is -0.353 e. The summed E-state index contributed by atoms with van der Waals surface area (Å²) in [5.41, 5.74) is 1.52. The SMILES string of the molecule is C=C/C=C(\N=C)N1CCN(C(=O)CCC(=O)NO)C(C)C1.CC(C)C. The Balaban J connectivity index is 0.00000129. The highest BCUT2D eigenvalue weighted by molar-refractivity contribution is 5.83. The normalized spacial score (nSPS) is 17.5. The molecule has 0 aromatic carbocycles. The van der Waals surface area contributed by atoms with Crippen molar-refractivity contribution in [3.05, 3.63) is 24.6 Å². The fourth-order valence-electron chi connectivity index (χ4n) is 2.32. The minimum absolute atomic E-state index is 0.0124. The molecule has 0 aliphatic carbocycles. The lowest BCUT2D eigenvalue weighted by molar-refractivity contribution is -0.138. The summed E-state index contributed by atoms with van der Waals surface area (Å²) in [7, 11) is 0. The number of aliphatic imine (C=N–C) groups is 1. The van der Waals surface area contributed by atoms with Crippen molar-refractivity contribution in [1.29, 1.82) is 0 Å². The Kier molecular flexibility index (Phi) is 11.2. The van der Waals surface area contributed by atoms with Crippen LogP contribution in [0.15, 0.2) is 29.5 Å². The first-order chi connectivity index (χ1) is 11.8. The molecule has 1 unspecified atom stereocenters. The molecule has 1 fully saturated rings. The van der Waals surface area contributed by atoms with Gasteiger partial charge in [0.05, 0.1) is 0 Å². The van der Waals surface area contributed by atoms with Crippen LogP contribution in [0.4, 0.5) is 0 Å². The van der Waals surface area contributed by atoms with Gasteiger partial charge in [-0.15, -0.1) is 0 Å². The molecule has 7 heteroatoms. The third kappa shape index (κ3) is 9.05. The van der Waals surface area contributed by atoms with Crippen molar-refractivity contribution >= 4 is 18.5 Å². The molecular weight excluding hydrogens is 320 g/mol. The smallest absolute Gasteiger partial charge is 0.243 e. The summed E-state index contributed by atoms with van der Waals surface area (Å²) in [5.74, 6) is 0.928. The van der Waals surface area contributed by atoms with Gasteiger partial charge >= 0.3 is 0 Å². The monoisotopic (exact) mass is 352 g/mol. The third-order valence-electron chi connectivity index (χ3n) is 3.39. The van der Waals surface area contributed by atoms with Gasteiger partial charge in [0.25, 0.3) is 0 Å². The van der Waals surface area contributed by atoms with Gasteiger partial charge in [-0.3, -0.25) is 14.8 Å². The second-order valence-electron chi connectivity index (χ2n) is 6.57. The van der Waals surface area contributed by atoms with E-state index in [0.29, 0.717) is 19.6 Å². The van der Waals surface area contributed by atoms with E-state index in [1.54, 1.807) is 17.1 Å². The van der Waals surface area contributed by atoms with Crippen LogP contribution in [0.25, 0.3) is 0 Å². The third-order valence-corrected chi connectivity index (χ3v) is 3.39. The number of amides is 2. The van der Waals surface area contributed by atoms with Gasteiger partial charge in [0, 0.05) is 38.5 Å². The van der Waals surface area contributed by atoms with Gasteiger partial charge in [0.1, 0.15) is 5.82 Å². The summed E-state index contributed by atoms with van der Waals surface area (Å²) in [5, 5.41) is 8.42. The number of carbonyl (C=O) groups is 2. The average Bonchev–Trinajstić information content (AvgIpc) is 2.56. The number of nitrogens with zero attached hydrogens (tertiary/aromatic N) is 3. The molecule has 0 aromatic heterocycles. The first-order valence-corrected chi connectivity index (χ1v) is 8.53. The zero-order valence-electron chi connectivity index (χ0n) is 15.9. The maximum absolute atomic E-state index is 12.1. The lowest BCUT2D eigenvalue weighted by atomic mass is 10.1. The first-order valence-electron chi connectivity index (χ1n) is 8.53. The molecule has 1 rings (SSSR count). The van der Waals surface area contributed by atoms with Gasteiger partial charge in [-0.1, -0.05) is 33.4 Å². The molecule has 0 spiro atoms. The predicted molar refractivity (Wildman–Crippen MR) is 100 cm³/mol. The van der Waals surface area contributed by atoms with Crippen molar-refractivity contribution in [2.45, 2.75) is 46.6 Å². The highest BCUT2D eigenvalue weighted by atomic mass is 16.5. The van der Waals surface area contributed by atoms with Crippen LogP contribution in [0, 0.1) is 5.92 Å². The maximum atomic E-state index is 12.1. The lowest BCUT2D eigenvalue weighted by Gasteiger charge is -2.40. The number of rotatable bonds is 6. The van der Waals surface area contributed by atoms with Crippen LogP contribution in [-0.2, 0) is 9.59 Å². The summed E-state index contributed by atoms with van der Waals surface area (Å²) < 4.78 is 0. The Hall–Kier alpha value is -2.15. The van der Waals surface area contributed by atoms with Crippen molar-refractivity contribution in [3.63, 3.8) is 0 Å². The second kappa shape index (κ2) is 12.2. The molecule has 0 radical (unpaired) electrons. The molecule has 0 saturated carbocycles. The molecule has 7 nitrogen and oxygen atoms in total. The number of hydroxylamine groups is 1. The molecule has 0 aromatic rings. The van der Waals surface area contributed by atoms with Crippen LogP contribution < -0.4 is 5.48 Å². The van der Waals surface area contributed by atoms with Crippen molar-refractivity contribution in [2.75, 3.05) is 19.6 Å². The number of nitrogens with one attached hydrogen (secondary N) is 1. The zero-order valence-corrected chi connectivity index (χ0v) is 15.9. The van der Waals surface area contributed by atoms with Crippen LogP contribution in [0.2, 0.25) is 0 Å². The molecule has 1 saturated heterocycles. The number of carbonyl (C=O) groups excluding carboxylic acids is 2. The number of hydrogen-bond acceptors (Lipinski definition) is 5. The summed E-state index contributed by atoms with van der Waals surface area (Å²) >= 11 is 0. The van der Waals surface area contributed by atoms with Crippen LogP contribution >= 0.6 is 0 Å². The van der Waals surface area contributed by atoms with Gasteiger partial charge in [0.2, 0.25) is 11.8 Å². The van der Waals surface area contributed by atoms with Crippen LogP contribution in [-0.4, -0.2) is 59.2 Å². The van der Waals surface area contributed by atoms with E-state index in [1.165, 1.54) is 5.48 Å². The summed E-state index contributed by atoms with van der Waals surface area (Å²) in [4.78, 5) is 30.8. The molecule has 1 aliphatic rings. The topological polar surface area (TPSA) is 85.2 Å². The number of allylic oxidation sites excluding steroid dienone is 2. The van der Waals surface area contributed by atoms with Gasteiger partial charge in [-0.05, 0) is 25.6 Å². The number of piperazine rings is 1. The van der Waals surface area contributed by atoms with Crippen molar-refractivity contribution in [2.24, 2.45) is 10.9 Å². The molecule has 1 heterocycles. The Morgan fingerprint density at radius 1 is 1.32 bits per heavy atom. The van der Waals surface area contributed by atoms with E-state index in [2.05, 4.69) is 39.1 Å². The molecule has 2 N–H and O–H groups in total. The van der Waals surface area contributed by atoms with Gasteiger partial charge in [0.15, 0.2) is 0 Å². The summed E-state index contributed by atoms with van der Waals surface area (Å²) in [6.45, 7) is 17.5. The Bertz CT molecular complexity index is 486. The lowest BCUT2D eigenvalue weighted by Crippen LogP contribution is -2.53. The van der Waals surface area contributed by atoms with E-state index in [9.17, 15) is 9.59 Å². The highest BCUT2D eigenvalue weighted by Crippen LogP contribution is 2.16. The van der Waals surface area contributed by atoms with Gasteiger partial charge < -0.3 is 9.80 Å². The predicted octanol–water partition coefficient (Wildman–Crippen LogP) is 2.19. The van der Waals surface area contributed by atoms with Crippen LogP contribution in [0.3, 0.4) is 0 Å². The zero-order chi connectivity index (χ0) is 19.4. The fraction of sp³-hybridized carbons (Fsp3) is 0.611. The standard InChI is InChI=1S/C14H22N4O3.C4H10/c1-4-5-12(15-3)17-8-9-18(11(2)10-17)14(20)7-6-13(19)16-21;1-4(2)3/h4-5,11,21H,1,3,6-10H2,2H3,(H,16,19);4H,1-3H3/b12-5+;. The van der Waals surface area contributed by atoms with Crippen LogP contribution in [0.1, 0.15) is 40.5 Å². The quantitative estimate of drug-likeness (QED) is 0.332. The minimum atomic E-state index is -0.554. The average molecular weight is 352 g/mol. The molecule has 142 valence electrons. The summed E-state index contributed by atoms with van der Waals surface area (Å²) in [6, 6.07) is 0.0124. The first kappa shape index (κ1) is 22.9. The molecule has 1 atom stereocenters. The fourth-order valence-corrected chi connectivity index (χ4v) is 2.32. The summed E-state index contributed by atoms with van der Waals surface area (Å²) in [6.07, 6.45) is 3.51. The van der Waals surface area contributed by atoms with Crippen molar-refractivity contribution < 1.29 is 14.8 Å². The molecule has 25 heavy (non-hydrogen) atoms. The molecule has 0 bridgehead atoms. The number of hydrogen-bond donors (Lipinski definition) is 2.